The summed E-state index contributed by atoms with van der Waals surface area (Å²) in [4.78, 5) is 43.5. The van der Waals surface area contributed by atoms with Crippen molar-refractivity contribution in [1.82, 2.24) is 0 Å². The molecule has 0 aromatic heterocycles. The number of esters is 2. The molecular formula is C54H86BaO10. The Morgan fingerprint density at radius 2 is 0.677 bits per heavy atom. The summed E-state index contributed by atoms with van der Waals surface area (Å²) in [5, 5.41) is 20.9. The molecule has 0 radical (unpaired) electrons. The minimum absolute atomic E-state index is 0. The van der Waals surface area contributed by atoms with Gasteiger partial charge in [-0.3, -0.25) is 9.59 Å². The first kappa shape index (κ1) is 62.8. The predicted molar refractivity (Wildman–Crippen MR) is 258 cm³/mol. The molecule has 0 amide bonds. The molecule has 0 heterocycles. The third kappa shape index (κ3) is 42.9. The number of unbranched alkanes of at least 4 members (excludes halogenated alkanes) is 16. The van der Waals surface area contributed by atoms with Crippen molar-refractivity contribution in [2.45, 2.75) is 245 Å². The van der Waals surface area contributed by atoms with Crippen LogP contribution >= 0.6 is 0 Å². The average Bonchev–Trinajstić information content (AvgIpc) is 3.26. The molecule has 0 fully saturated rings. The van der Waals surface area contributed by atoms with E-state index in [9.17, 15) is 29.4 Å². The minimum atomic E-state index is -0.993. The molecule has 364 valence electrons. The van der Waals surface area contributed by atoms with Crippen LogP contribution in [0.5, 0.6) is 0 Å². The van der Waals surface area contributed by atoms with Crippen LogP contribution in [0.2, 0.25) is 0 Å². The van der Waals surface area contributed by atoms with Crippen LogP contribution < -0.4 is 10.2 Å². The van der Waals surface area contributed by atoms with Crippen molar-refractivity contribution in [1.29, 1.82) is 0 Å². The zero-order chi connectivity index (χ0) is 46.9. The molecule has 10 nitrogen and oxygen atoms in total. The monoisotopic (exact) mass is 1030 g/mol. The summed E-state index contributed by atoms with van der Waals surface area (Å²) in [6.07, 6.45) is 28.0. The van der Waals surface area contributed by atoms with Crippen LogP contribution in [0, 0.1) is 0 Å². The van der Waals surface area contributed by atoms with Gasteiger partial charge in [0.2, 0.25) is 0 Å². The second-order valence-electron chi connectivity index (χ2n) is 17.7. The molecule has 0 N–H and O–H groups in total. The van der Waals surface area contributed by atoms with Gasteiger partial charge in [-0.05, 0) is 115 Å². The van der Waals surface area contributed by atoms with Gasteiger partial charge in [0.05, 0.1) is 25.4 Å². The maximum atomic E-state index is 11.3. The Kier molecular flexibility index (Phi) is 42.8. The molecule has 0 aliphatic rings. The van der Waals surface area contributed by atoms with Gasteiger partial charge in [0.25, 0.3) is 0 Å². The zero-order valence-corrected chi connectivity index (χ0v) is 45.5. The van der Waals surface area contributed by atoms with Gasteiger partial charge in [-0.2, -0.15) is 0 Å². The first-order valence-electron chi connectivity index (χ1n) is 25.0. The van der Waals surface area contributed by atoms with E-state index in [-0.39, 0.29) is 85.9 Å². The van der Waals surface area contributed by atoms with Crippen LogP contribution in [0.3, 0.4) is 0 Å². The molecular weight excluding hydrogens is 946 g/mol. The second kappa shape index (κ2) is 44.3. The summed E-state index contributed by atoms with van der Waals surface area (Å²) in [5.41, 5.74) is 2.46. The van der Waals surface area contributed by atoms with Crippen LogP contribution in [-0.4, -0.2) is 97.2 Å². The fourth-order valence-corrected chi connectivity index (χ4v) is 7.80. The van der Waals surface area contributed by atoms with Crippen molar-refractivity contribution in [3.63, 3.8) is 0 Å². The van der Waals surface area contributed by atoms with Gasteiger partial charge in [0.1, 0.15) is 12.2 Å². The van der Waals surface area contributed by atoms with Crippen LogP contribution in [0.1, 0.15) is 219 Å². The number of rotatable bonds is 40. The molecule has 65 heavy (non-hydrogen) atoms. The Hall–Kier alpha value is -2.19. The Balaban J connectivity index is 0.00000124. The number of ether oxygens (including phenoxy) is 4. The van der Waals surface area contributed by atoms with Crippen molar-refractivity contribution in [3.8, 4) is 0 Å². The van der Waals surface area contributed by atoms with Gasteiger partial charge in [-0.1, -0.05) is 151 Å². The smallest absolute Gasteiger partial charge is 0.550 e. The zero-order valence-electron chi connectivity index (χ0n) is 41.1. The van der Waals surface area contributed by atoms with E-state index in [0.29, 0.717) is 38.3 Å². The van der Waals surface area contributed by atoms with E-state index in [2.05, 4.69) is 38.1 Å². The van der Waals surface area contributed by atoms with E-state index in [1.165, 1.54) is 102 Å². The largest absolute Gasteiger partial charge is 2.00 e. The van der Waals surface area contributed by atoms with Crippen molar-refractivity contribution in [3.05, 3.63) is 71.8 Å². The summed E-state index contributed by atoms with van der Waals surface area (Å²) in [7, 11) is 0. The number of carbonyl (C=O) groups is 4. The maximum Gasteiger partial charge on any atom is 2.00 e. The average molecular weight is 1030 g/mol. The molecule has 11 heteroatoms. The van der Waals surface area contributed by atoms with Crippen molar-refractivity contribution < 1.29 is 48.3 Å². The van der Waals surface area contributed by atoms with Gasteiger partial charge < -0.3 is 38.7 Å². The molecule has 2 aromatic carbocycles. The van der Waals surface area contributed by atoms with E-state index in [0.717, 1.165) is 77.0 Å². The summed E-state index contributed by atoms with van der Waals surface area (Å²) in [6.45, 7) is 8.61. The molecule has 0 spiro atoms. The van der Waals surface area contributed by atoms with E-state index >= 15 is 0 Å². The molecule has 2 rings (SSSR count). The van der Waals surface area contributed by atoms with Crippen molar-refractivity contribution >= 4 is 72.8 Å². The molecule has 0 saturated carbocycles. The van der Waals surface area contributed by atoms with E-state index in [1.54, 1.807) is 0 Å². The molecule has 0 aliphatic heterocycles. The standard InChI is InChI=1S/2C27H44O5.Ba/c2*1-23(31-22-25-17-11-8-12-18-25)16-10-6-4-3-5-7-13-19-26(32-24(2)28)20-14-9-15-21-27(29)30;/h2*8,11-12,17-18,23,26H,3-7,9-10,13-16,19-22H2,1-2H3,(H,29,30);/q;;+2/p-2. The summed E-state index contributed by atoms with van der Waals surface area (Å²) < 4.78 is 22.7. The van der Waals surface area contributed by atoms with Crippen LogP contribution in [-0.2, 0) is 51.3 Å². The first-order valence-corrected chi connectivity index (χ1v) is 25.0. The summed E-state index contributed by atoms with van der Waals surface area (Å²) in [5.74, 6) is -2.45. The van der Waals surface area contributed by atoms with Gasteiger partial charge >= 0.3 is 60.8 Å². The maximum absolute atomic E-state index is 11.3. The minimum Gasteiger partial charge on any atom is -0.550 e. The fourth-order valence-electron chi connectivity index (χ4n) is 7.80. The Labute approximate surface area is 434 Å². The molecule has 0 bridgehead atoms. The second-order valence-corrected chi connectivity index (χ2v) is 17.7. The molecule has 0 aliphatic carbocycles. The van der Waals surface area contributed by atoms with E-state index in [4.69, 9.17) is 18.9 Å². The Bertz CT molecular complexity index is 1320. The number of carboxylic acid groups (broad SMARTS) is 2. The summed E-state index contributed by atoms with van der Waals surface area (Å²) in [6, 6.07) is 20.6. The number of benzene rings is 2. The van der Waals surface area contributed by atoms with Crippen molar-refractivity contribution in [2.75, 3.05) is 0 Å². The van der Waals surface area contributed by atoms with Crippen LogP contribution in [0.15, 0.2) is 60.7 Å². The van der Waals surface area contributed by atoms with Crippen molar-refractivity contribution in [2.24, 2.45) is 0 Å². The van der Waals surface area contributed by atoms with Gasteiger partial charge in [0.15, 0.2) is 0 Å². The van der Waals surface area contributed by atoms with Crippen LogP contribution in [0.4, 0.5) is 0 Å². The number of hydrogen-bond acceptors (Lipinski definition) is 10. The SMILES string of the molecule is CC(=O)OC(CCCCCCCCCC(C)OCc1ccccc1)CCCCCC(=O)[O-].CC(=O)OC(CCCCCCCCCC(C)OCc1ccccc1)CCCCCC(=O)[O-].[Ba+2]. The molecule has 0 saturated heterocycles. The Morgan fingerprint density at radius 3 is 0.954 bits per heavy atom. The molecule has 4 unspecified atom stereocenters. The normalized spacial score (nSPS) is 12.7. The topological polar surface area (TPSA) is 151 Å². The third-order valence-corrected chi connectivity index (χ3v) is 11.5. The van der Waals surface area contributed by atoms with Gasteiger partial charge in [0, 0.05) is 25.8 Å². The number of carbonyl (C=O) groups excluding carboxylic acids is 4. The number of aliphatic carboxylic acids is 2. The van der Waals surface area contributed by atoms with Crippen LogP contribution in [0.25, 0.3) is 0 Å². The predicted octanol–water partition coefficient (Wildman–Crippen LogP) is 11.1. The van der Waals surface area contributed by atoms with Gasteiger partial charge in [-0.15, -0.1) is 0 Å². The molecule has 2 aromatic rings. The number of carboxylic acids is 2. The summed E-state index contributed by atoms with van der Waals surface area (Å²) >= 11 is 0. The Morgan fingerprint density at radius 1 is 0.415 bits per heavy atom. The van der Waals surface area contributed by atoms with E-state index in [1.807, 2.05) is 36.4 Å². The third-order valence-electron chi connectivity index (χ3n) is 11.5. The number of hydrogen-bond donors (Lipinski definition) is 0. The first-order chi connectivity index (χ1) is 30.9. The fraction of sp³-hybridized carbons (Fsp3) is 0.704. The van der Waals surface area contributed by atoms with E-state index < -0.39 is 11.9 Å². The quantitative estimate of drug-likeness (QED) is 0.0358. The van der Waals surface area contributed by atoms with Gasteiger partial charge in [-0.25, -0.2) is 0 Å². The molecule has 4 atom stereocenters.